The van der Waals surface area contributed by atoms with Gasteiger partial charge in [-0.15, -0.1) is 12.4 Å². The number of halogens is 5. The molecule has 1 saturated heterocycles. The Morgan fingerprint density at radius 1 is 1.25 bits per heavy atom. The van der Waals surface area contributed by atoms with Gasteiger partial charge in [-0.3, -0.25) is 4.90 Å². The minimum Gasteiger partial charge on any atom is -0.326 e. The summed E-state index contributed by atoms with van der Waals surface area (Å²) >= 11 is 0. The van der Waals surface area contributed by atoms with Crippen molar-refractivity contribution in [1.29, 1.82) is 0 Å². The lowest BCUT2D eigenvalue weighted by Gasteiger charge is -2.16. The van der Waals surface area contributed by atoms with Gasteiger partial charge in [-0.05, 0) is 29.7 Å². The summed E-state index contributed by atoms with van der Waals surface area (Å²) in [7, 11) is 0. The molecule has 0 aromatic heterocycles. The van der Waals surface area contributed by atoms with E-state index in [0.717, 1.165) is 18.7 Å². The summed E-state index contributed by atoms with van der Waals surface area (Å²) in [4.78, 5) is 1.95. The number of nitrogens with zero attached hydrogens (tertiary/aromatic N) is 1. The van der Waals surface area contributed by atoms with Crippen LogP contribution in [0, 0.1) is 11.7 Å². The van der Waals surface area contributed by atoms with Crippen molar-refractivity contribution in [2.45, 2.75) is 25.7 Å². The Morgan fingerprint density at radius 2 is 1.90 bits per heavy atom. The molecular weight excluding hydrogens is 296 g/mol. The molecule has 2 nitrogen and oxygen atoms in total. The molecule has 20 heavy (non-hydrogen) atoms. The molecular formula is C13H17ClF4N2. The van der Waals surface area contributed by atoms with Crippen LogP contribution in [0.2, 0.25) is 0 Å². The van der Waals surface area contributed by atoms with E-state index in [1.54, 1.807) is 0 Å². The van der Waals surface area contributed by atoms with Crippen molar-refractivity contribution in [3.05, 3.63) is 35.1 Å². The molecule has 1 aliphatic rings. The predicted molar refractivity (Wildman–Crippen MR) is 71.1 cm³/mol. The topological polar surface area (TPSA) is 29.3 Å². The average molecular weight is 313 g/mol. The highest BCUT2D eigenvalue weighted by molar-refractivity contribution is 5.85. The van der Waals surface area contributed by atoms with Crippen LogP contribution >= 0.6 is 12.4 Å². The lowest BCUT2D eigenvalue weighted by molar-refractivity contribution is -0.137. The van der Waals surface area contributed by atoms with Crippen LogP contribution in [0.15, 0.2) is 18.2 Å². The van der Waals surface area contributed by atoms with Crippen molar-refractivity contribution in [1.82, 2.24) is 4.90 Å². The number of alkyl halides is 3. The fraction of sp³-hybridized carbons (Fsp3) is 0.538. The summed E-state index contributed by atoms with van der Waals surface area (Å²) in [5, 5.41) is 0. The summed E-state index contributed by atoms with van der Waals surface area (Å²) in [5.41, 5.74) is 5.24. The molecule has 2 unspecified atom stereocenters. The molecule has 0 aliphatic carbocycles. The molecule has 0 spiro atoms. The third-order valence-electron chi connectivity index (χ3n) is 3.44. The monoisotopic (exact) mass is 312 g/mol. The molecule has 0 amide bonds. The molecule has 114 valence electrons. The fourth-order valence-corrected chi connectivity index (χ4v) is 2.39. The Morgan fingerprint density at radius 3 is 2.40 bits per heavy atom. The Bertz CT molecular complexity index is 454. The SMILES string of the molecule is CC1CN(Cc2cc(F)cc(C(F)(F)F)c2)CC1N.Cl. The van der Waals surface area contributed by atoms with E-state index in [1.807, 2.05) is 11.8 Å². The molecule has 1 aliphatic heterocycles. The van der Waals surface area contributed by atoms with E-state index in [4.69, 9.17) is 5.73 Å². The maximum Gasteiger partial charge on any atom is 0.416 e. The van der Waals surface area contributed by atoms with E-state index in [1.165, 1.54) is 0 Å². The van der Waals surface area contributed by atoms with Crippen molar-refractivity contribution in [3.63, 3.8) is 0 Å². The summed E-state index contributed by atoms with van der Waals surface area (Å²) in [6, 6.07) is 2.68. The molecule has 0 radical (unpaired) electrons. The minimum atomic E-state index is -4.52. The van der Waals surface area contributed by atoms with E-state index in [9.17, 15) is 17.6 Å². The first-order chi connectivity index (χ1) is 8.75. The Labute approximate surface area is 121 Å². The quantitative estimate of drug-likeness (QED) is 0.851. The highest BCUT2D eigenvalue weighted by Crippen LogP contribution is 2.31. The van der Waals surface area contributed by atoms with Crippen LogP contribution in [-0.2, 0) is 12.7 Å². The van der Waals surface area contributed by atoms with Crippen molar-refractivity contribution in [2.75, 3.05) is 13.1 Å². The first-order valence-electron chi connectivity index (χ1n) is 6.10. The normalized spacial score (nSPS) is 23.7. The van der Waals surface area contributed by atoms with Gasteiger partial charge in [0.2, 0.25) is 0 Å². The van der Waals surface area contributed by atoms with Gasteiger partial charge >= 0.3 is 6.18 Å². The second kappa shape index (κ2) is 6.28. The maximum absolute atomic E-state index is 13.2. The number of rotatable bonds is 2. The van der Waals surface area contributed by atoms with Crippen LogP contribution in [0.4, 0.5) is 17.6 Å². The van der Waals surface area contributed by atoms with Crippen LogP contribution in [0.5, 0.6) is 0 Å². The fourth-order valence-electron chi connectivity index (χ4n) is 2.39. The summed E-state index contributed by atoms with van der Waals surface area (Å²) in [6.07, 6.45) is -4.52. The lowest BCUT2D eigenvalue weighted by Crippen LogP contribution is -2.28. The van der Waals surface area contributed by atoms with E-state index in [0.29, 0.717) is 30.6 Å². The lowest BCUT2D eigenvalue weighted by atomic mass is 10.1. The molecule has 1 aromatic carbocycles. The molecule has 1 fully saturated rings. The molecule has 2 N–H and O–H groups in total. The Hall–Kier alpha value is -0.850. The molecule has 1 heterocycles. The molecule has 2 atom stereocenters. The average Bonchev–Trinajstić information content (AvgIpc) is 2.55. The Balaban J connectivity index is 0.00000200. The Kier molecular flexibility index (Phi) is 5.40. The smallest absolute Gasteiger partial charge is 0.326 e. The maximum atomic E-state index is 13.2. The van der Waals surface area contributed by atoms with Gasteiger partial charge in [-0.2, -0.15) is 13.2 Å². The zero-order valence-electron chi connectivity index (χ0n) is 11.0. The number of nitrogens with two attached hydrogens (primary N) is 1. The summed E-state index contributed by atoms with van der Waals surface area (Å²) in [5.74, 6) is -0.558. The number of hydrogen-bond donors (Lipinski definition) is 1. The van der Waals surface area contributed by atoms with Gasteiger partial charge in [0.1, 0.15) is 5.82 Å². The molecule has 0 saturated carbocycles. The molecule has 1 aromatic rings. The van der Waals surface area contributed by atoms with Gasteiger partial charge in [0.15, 0.2) is 0 Å². The third-order valence-corrected chi connectivity index (χ3v) is 3.44. The van der Waals surface area contributed by atoms with Gasteiger partial charge in [-0.25, -0.2) is 4.39 Å². The number of benzene rings is 1. The van der Waals surface area contributed by atoms with Gasteiger partial charge in [0, 0.05) is 25.7 Å². The standard InChI is InChI=1S/C13H16F4N2.ClH/c1-8-5-19(7-12(8)18)6-9-2-10(13(15,16)17)4-11(14)3-9;/h2-4,8,12H,5-7,18H2,1H3;1H. The van der Waals surface area contributed by atoms with E-state index < -0.39 is 17.6 Å². The van der Waals surface area contributed by atoms with Gasteiger partial charge < -0.3 is 5.73 Å². The summed E-state index contributed by atoms with van der Waals surface area (Å²) in [6.45, 7) is 3.63. The predicted octanol–water partition coefficient (Wildman–Crippen LogP) is 3.05. The molecule has 0 bridgehead atoms. The largest absolute Gasteiger partial charge is 0.416 e. The van der Waals surface area contributed by atoms with Crippen molar-refractivity contribution in [3.8, 4) is 0 Å². The van der Waals surface area contributed by atoms with Crippen LogP contribution in [0.1, 0.15) is 18.1 Å². The highest BCUT2D eigenvalue weighted by Gasteiger charge is 2.32. The van der Waals surface area contributed by atoms with Gasteiger partial charge in [0.25, 0.3) is 0 Å². The van der Waals surface area contributed by atoms with Crippen LogP contribution in [0.25, 0.3) is 0 Å². The first-order valence-corrected chi connectivity index (χ1v) is 6.10. The first kappa shape index (κ1) is 17.2. The second-order valence-electron chi connectivity index (χ2n) is 5.18. The van der Waals surface area contributed by atoms with Crippen LogP contribution in [0.3, 0.4) is 0 Å². The van der Waals surface area contributed by atoms with Crippen LogP contribution in [-0.4, -0.2) is 24.0 Å². The summed E-state index contributed by atoms with van der Waals surface area (Å²) < 4.78 is 51.0. The zero-order chi connectivity index (χ0) is 14.2. The van der Waals surface area contributed by atoms with E-state index in [2.05, 4.69) is 0 Å². The number of hydrogen-bond acceptors (Lipinski definition) is 2. The van der Waals surface area contributed by atoms with Crippen molar-refractivity contribution < 1.29 is 17.6 Å². The zero-order valence-corrected chi connectivity index (χ0v) is 11.8. The van der Waals surface area contributed by atoms with E-state index >= 15 is 0 Å². The van der Waals surface area contributed by atoms with Crippen LogP contribution < -0.4 is 5.73 Å². The molecule has 2 rings (SSSR count). The highest BCUT2D eigenvalue weighted by atomic mass is 35.5. The third kappa shape index (κ3) is 4.07. The molecule has 7 heteroatoms. The van der Waals surface area contributed by atoms with Crippen molar-refractivity contribution >= 4 is 12.4 Å². The second-order valence-corrected chi connectivity index (χ2v) is 5.18. The van der Waals surface area contributed by atoms with E-state index in [-0.39, 0.29) is 18.4 Å². The van der Waals surface area contributed by atoms with Gasteiger partial charge in [-0.1, -0.05) is 6.92 Å². The minimum absolute atomic E-state index is 0. The van der Waals surface area contributed by atoms with Crippen molar-refractivity contribution in [2.24, 2.45) is 11.7 Å². The van der Waals surface area contributed by atoms with Gasteiger partial charge in [0.05, 0.1) is 5.56 Å². The number of likely N-dealkylation sites (tertiary alicyclic amines) is 1.